The molecule has 0 bridgehead atoms. The number of esters is 1. The number of carbonyl (C=O) groups excluding carboxylic acids is 1. The Hall–Kier alpha value is -1.58. The number of aliphatic carboxylic acids is 1. The van der Waals surface area contributed by atoms with Crippen molar-refractivity contribution in [3.05, 3.63) is 24.3 Å². The van der Waals surface area contributed by atoms with Gasteiger partial charge in [0.25, 0.3) is 0 Å². The van der Waals surface area contributed by atoms with E-state index in [2.05, 4.69) is 12.2 Å². The second-order valence-electron chi connectivity index (χ2n) is 3.45. The van der Waals surface area contributed by atoms with Gasteiger partial charge in [0.2, 0.25) is 0 Å². The maximum absolute atomic E-state index is 11.0. The molecule has 0 aromatic rings. The van der Waals surface area contributed by atoms with E-state index in [1.807, 2.05) is 0 Å². The summed E-state index contributed by atoms with van der Waals surface area (Å²) in [6, 6.07) is 0. The van der Waals surface area contributed by atoms with Gasteiger partial charge in [-0.15, -0.1) is 0 Å². The van der Waals surface area contributed by atoms with Crippen molar-refractivity contribution in [3.8, 4) is 0 Å². The van der Waals surface area contributed by atoms with E-state index in [1.54, 1.807) is 0 Å². The van der Waals surface area contributed by atoms with Crippen LogP contribution in [0.25, 0.3) is 0 Å². The Morgan fingerprint density at radius 1 is 1.40 bits per heavy atom. The number of hydrogen-bond acceptors (Lipinski definition) is 3. The molecule has 82 valence electrons. The zero-order valence-corrected chi connectivity index (χ0v) is 8.39. The molecule has 0 amide bonds. The minimum Gasteiger partial charge on any atom is -0.478 e. The summed E-state index contributed by atoms with van der Waals surface area (Å²) in [7, 11) is 0. The van der Waals surface area contributed by atoms with E-state index in [0.717, 1.165) is 31.4 Å². The first kappa shape index (κ1) is 11.5. The highest BCUT2D eigenvalue weighted by molar-refractivity contribution is 5.90. The van der Waals surface area contributed by atoms with Gasteiger partial charge >= 0.3 is 11.9 Å². The molecule has 0 radical (unpaired) electrons. The summed E-state index contributed by atoms with van der Waals surface area (Å²) < 4.78 is 4.91. The first-order chi connectivity index (χ1) is 7.18. The normalized spacial score (nSPS) is 20.4. The molecular weight excluding hydrogens is 196 g/mol. The van der Waals surface area contributed by atoms with E-state index in [-0.39, 0.29) is 0 Å². The van der Waals surface area contributed by atoms with Gasteiger partial charge < -0.3 is 9.84 Å². The van der Waals surface area contributed by atoms with Gasteiger partial charge in [-0.1, -0.05) is 12.2 Å². The number of allylic oxidation sites excluding steroid dienone is 2. The molecule has 4 heteroatoms. The maximum atomic E-state index is 11.0. The molecule has 1 aliphatic rings. The van der Waals surface area contributed by atoms with Crippen LogP contribution in [-0.4, -0.2) is 23.7 Å². The van der Waals surface area contributed by atoms with E-state index in [0.29, 0.717) is 12.5 Å². The Balaban J connectivity index is 2.21. The zero-order valence-electron chi connectivity index (χ0n) is 8.39. The highest BCUT2D eigenvalue weighted by Gasteiger charge is 2.11. The lowest BCUT2D eigenvalue weighted by Crippen LogP contribution is -2.14. The fraction of sp³-hybridized carbons (Fsp3) is 0.455. The molecule has 1 unspecified atom stereocenters. The first-order valence-electron chi connectivity index (χ1n) is 4.91. The van der Waals surface area contributed by atoms with Gasteiger partial charge in [0.15, 0.2) is 0 Å². The topological polar surface area (TPSA) is 63.6 Å². The van der Waals surface area contributed by atoms with Gasteiger partial charge in [-0.3, -0.25) is 0 Å². The molecule has 0 aromatic heterocycles. The molecule has 0 saturated carbocycles. The van der Waals surface area contributed by atoms with Gasteiger partial charge in [-0.2, -0.15) is 0 Å². The van der Waals surface area contributed by atoms with E-state index in [1.165, 1.54) is 0 Å². The minimum absolute atomic E-state index is 0.368. The van der Waals surface area contributed by atoms with Gasteiger partial charge in [0.1, 0.15) is 0 Å². The zero-order chi connectivity index (χ0) is 11.1. The highest BCUT2D eigenvalue weighted by Crippen LogP contribution is 2.18. The lowest BCUT2D eigenvalue weighted by Gasteiger charge is -2.16. The Bertz CT molecular complexity index is 291. The summed E-state index contributed by atoms with van der Waals surface area (Å²) in [4.78, 5) is 21.1. The van der Waals surface area contributed by atoms with Crippen LogP contribution in [0.2, 0.25) is 0 Å². The molecule has 1 rings (SSSR count). The van der Waals surface area contributed by atoms with Crippen molar-refractivity contribution in [2.24, 2.45) is 5.92 Å². The number of carbonyl (C=O) groups is 2. The van der Waals surface area contributed by atoms with E-state index < -0.39 is 11.9 Å². The van der Waals surface area contributed by atoms with Gasteiger partial charge in [-0.05, 0) is 25.2 Å². The maximum Gasteiger partial charge on any atom is 0.331 e. The van der Waals surface area contributed by atoms with Crippen molar-refractivity contribution >= 4 is 11.9 Å². The lowest BCUT2D eigenvalue weighted by molar-refractivity contribution is -0.140. The van der Waals surface area contributed by atoms with Crippen molar-refractivity contribution in [1.82, 2.24) is 0 Å². The van der Waals surface area contributed by atoms with Crippen LogP contribution in [0.3, 0.4) is 0 Å². The monoisotopic (exact) mass is 210 g/mol. The second-order valence-corrected chi connectivity index (χ2v) is 3.45. The number of ether oxygens (including phenoxy) is 1. The molecule has 0 spiro atoms. The predicted octanol–water partition coefficient (Wildman–Crippen LogP) is 1.53. The molecule has 1 aliphatic carbocycles. The number of hydrogen-bond donors (Lipinski definition) is 1. The van der Waals surface area contributed by atoms with Crippen LogP contribution < -0.4 is 0 Å². The summed E-state index contributed by atoms with van der Waals surface area (Å²) >= 11 is 0. The third kappa shape index (κ3) is 5.00. The summed E-state index contributed by atoms with van der Waals surface area (Å²) in [5.74, 6) is -1.36. The quantitative estimate of drug-likeness (QED) is 0.434. The number of carboxylic acid groups (broad SMARTS) is 1. The third-order valence-corrected chi connectivity index (χ3v) is 2.20. The van der Waals surface area contributed by atoms with Crippen LogP contribution in [0, 0.1) is 5.92 Å². The SMILES string of the molecule is O=C(O)/C=C\C(=O)OCC1CC=CCC1. The predicted molar refractivity (Wildman–Crippen MR) is 54.2 cm³/mol. The first-order valence-corrected chi connectivity index (χ1v) is 4.91. The standard InChI is InChI=1S/C11H14O4/c12-10(13)6-7-11(14)15-8-9-4-2-1-3-5-9/h1-2,6-7,9H,3-5,8H2,(H,12,13)/b7-6-. The van der Waals surface area contributed by atoms with Crippen LogP contribution in [0.5, 0.6) is 0 Å². The van der Waals surface area contributed by atoms with Gasteiger partial charge in [-0.25, -0.2) is 9.59 Å². The van der Waals surface area contributed by atoms with Crippen molar-refractivity contribution < 1.29 is 19.4 Å². The van der Waals surface area contributed by atoms with Crippen LogP contribution in [0.1, 0.15) is 19.3 Å². The lowest BCUT2D eigenvalue weighted by atomic mass is 9.95. The molecule has 15 heavy (non-hydrogen) atoms. The Morgan fingerprint density at radius 3 is 2.80 bits per heavy atom. The molecule has 1 N–H and O–H groups in total. The summed E-state index contributed by atoms with van der Waals surface area (Å²) in [5, 5.41) is 8.28. The van der Waals surface area contributed by atoms with Crippen LogP contribution in [0.15, 0.2) is 24.3 Å². The van der Waals surface area contributed by atoms with Crippen molar-refractivity contribution in [2.45, 2.75) is 19.3 Å². The smallest absolute Gasteiger partial charge is 0.331 e. The van der Waals surface area contributed by atoms with Gasteiger partial charge in [0, 0.05) is 12.2 Å². The van der Waals surface area contributed by atoms with Crippen molar-refractivity contribution in [3.63, 3.8) is 0 Å². The van der Waals surface area contributed by atoms with Crippen molar-refractivity contribution in [2.75, 3.05) is 6.61 Å². The molecule has 4 nitrogen and oxygen atoms in total. The second kappa shape index (κ2) is 6.01. The largest absolute Gasteiger partial charge is 0.478 e. The fourth-order valence-electron chi connectivity index (χ4n) is 1.40. The number of rotatable bonds is 4. The molecule has 0 aromatic carbocycles. The minimum atomic E-state index is -1.15. The average molecular weight is 210 g/mol. The molecule has 1 atom stereocenters. The van der Waals surface area contributed by atoms with E-state index >= 15 is 0 Å². The molecule has 0 fully saturated rings. The van der Waals surface area contributed by atoms with E-state index in [9.17, 15) is 9.59 Å². The van der Waals surface area contributed by atoms with Crippen LogP contribution in [0.4, 0.5) is 0 Å². The summed E-state index contributed by atoms with van der Waals surface area (Å²) in [6.45, 7) is 0.368. The van der Waals surface area contributed by atoms with Crippen LogP contribution >= 0.6 is 0 Å². The summed E-state index contributed by atoms with van der Waals surface area (Å²) in [5.41, 5.74) is 0. The van der Waals surface area contributed by atoms with E-state index in [4.69, 9.17) is 9.84 Å². The number of carboxylic acids is 1. The summed E-state index contributed by atoms with van der Waals surface area (Å²) in [6.07, 6.45) is 8.87. The molecule has 0 heterocycles. The molecule has 0 saturated heterocycles. The van der Waals surface area contributed by atoms with Crippen molar-refractivity contribution in [1.29, 1.82) is 0 Å². The van der Waals surface area contributed by atoms with Gasteiger partial charge in [0.05, 0.1) is 6.61 Å². The highest BCUT2D eigenvalue weighted by atomic mass is 16.5. The third-order valence-electron chi connectivity index (χ3n) is 2.20. The Labute approximate surface area is 88.2 Å². The fourth-order valence-corrected chi connectivity index (χ4v) is 1.40. The molecule has 0 aliphatic heterocycles. The van der Waals surface area contributed by atoms with Crippen LogP contribution in [-0.2, 0) is 14.3 Å². The average Bonchev–Trinajstić information content (AvgIpc) is 2.25. The Morgan fingerprint density at radius 2 is 2.20 bits per heavy atom. The molecular formula is C11H14O4. The Kier molecular flexibility index (Phi) is 4.60.